The van der Waals surface area contributed by atoms with Crippen LogP contribution in [0.5, 0.6) is 0 Å². The summed E-state index contributed by atoms with van der Waals surface area (Å²) in [5.74, 6) is 0.735. The normalized spacial score (nSPS) is 36.3. The van der Waals surface area contributed by atoms with E-state index in [-0.39, 0.29) is 0 Å². The van der Waals surface area contributed by atoms with Crippen molar-refractivity contribution in [3.05, 3.63) is 0 Å². The van der Waals surface area contributed by atoms with Gasteiger partial charge in [-0.15, -0.1) is 0 Å². The molecule has 2 fully saturated rings. The summed E-state index contributed by atoms with van der Waals surface area (Å²) in [6, 6.07) is 0. The van der Waals surface area contributed by atoms with E-state index in [2.05, 4.69) is 4.58 Å². The summed E-state index contributed by atoms with van der Waals surface area (Å²) in [5.41, 5.74) is 0. The molecule has 0 bridgehead atoms. The molecule has 2 saturated heterocycles. The molecule has 2 rings (SSSR count). The molecule has 0 N–H and O–H groups in total. The van der Waals surface area contributed by atoms with E-state index in [0.717, 1.165) is 0 Å². The van der Waals surface area contributed by atoms with Crippen LogP contribution in [0.3, 0.4) is 0 Å². The first kappa shape index (κ1) is 9.86. The molecule has 2 heterocycles. The summed E-state index contributed by atoms with van der Waals surface area (Å²) in [5, 5.41) is 0.597. The van der Waals surface area contributed by atoms with E-state index < -0.39 is 9.84 Å². The van der Waals surface area contributed by atoms with E-state index in [9.17, 15) is 8.42 Å². The maximum atomic E-state index is 11.3. The van der Waals surface area contributed by atoms with Crippen molar-refractivity contribution in [2.24, 2.45) is 0 Å². The van der Waals surface area contributed by atoms with Crippen LogP contribution in [-0.2, 0) is 9.84 Å². The van der Waals surface area contributed by atoms with Crippen LogP contribution in [0.1, 0.15) is 0 Å². The fourth-order valence-electron chi connectivity index (χ4n) is 1.50. The van der Waals surface area contributed by atoms with Gasteiger partial charge >= 0.3 is 0 Å². The molecule has 6 heteroatoms. The largest absolute Gasteiger partial charge is 0.270 e. The Bertz CT molecular complexity index is 334. The standard InChI is InChI=1S/C7H12NO2S3/c1-8(2)7-11-5-3-13(9,10)4-6(5)12-7/h5-6H,3-4H2,1-2H3/q+1/t5-,6-/m1/s1. The van der Waals surface area contributed by atoms with Gasteiger partial charge in [-0.05, 0) is 23.5 Å². The number of hydrogen-bond acceptors (Lipinski definition) is 4. The van der Waals surface area contributed by atoms with E-state index in [0.29, 0.717) is 22.0 Å². The van der Waals surface area contributed by atoms with Crippen LogP contribution >= 0.6 is 23.5 Å². The van der Waals surface area contributed by atoms with Crippen molar-refractivity contribution in [2.45, 2.75) is 10.5 Å². The highest BCUT2D eigenvalue weighted by Gasteiger charge is 2.47. The molecule has 2 aliphatic heterocycles. The smallest absolute Gasteiger partial charge is 0.229 e. The van der Waals surface area contributed by atoms with Crippen molar-refractivity contribution in [3.63, 3.8) is 0 Å². The SMILES string of the molecule is C[N+](C)=C1S[C@@H]2CS(=O)(=O)C[C@H]2S1. The summed E-state index contributed by atoms with van der Waals surface area (Å²) in [6.45, 7) is 0. The lowest BCUT2D eigenvalue weighted by atomic mass is 10.4. The molecule has 0 aromatic rings. The molecular weight excluding hydrogens is 226 g/mol. The second-order valence-electron chi connectivity index (χ2n) is 3.55. The van der Waals surface area contributed by atoms with E-state index >= 15 is 0 Å². The highest BCUT2D eigenvalue weighted by Crippen LogP contribution is 2.43. The molecule has 0 radical (unpaired) electrons. The molecule has 0 aliphatic carbocycles. The summed E-state index contributed by atoms with van der Waals surface area (Å²) in [6.07, 6.45) is 0. The molecule has 74 valence electrons. The molecule has 0 aromatic carbocycles. The third kappa shape index (κ3) is 1.89. The Balaban J connectivity index is 2.18. The van der Waals surface area contributed by atoms with Crippen LogP contribution in [0.25, 0.3) is 0 Å². The Labute approximate surface area is 86.9 Å². The lowest BCUT2D eigenvalue weighted by Crippen LogP contribution is -2.10. The first-order valence-electron chi connectivity index (χ1n) is 4.06. The Morgan fingerprint density at radius 2 is 1.69 bits per heavy atom. The van der Waals surface area contributed by atoms with Gasteiger partial charge in [0.05, 0.1) is 11.5 Å². The molecule has 0 saturated carbocycles. The average molecular weight is 238 g/mol. The van der Waals surface area contributed by atoms with Crippen LogP contribution < -0.4 is 0 Å². The van der Waals surface area contributed by atoms with Crippen molar-refractivity contribution < 1.29 is 13.0 Å². The molecule has 0 unspecified atom stereocenters. The van der Waals surface area contributed by atoms with Crippen molar-refractivity contribution in [2.75, 3.05) is 25.6 Å². The van der Waals surface area contributed by atoms with Crippen molar-refractivity contribution in [1.82, 2.24) is 0 Å². The van der Waals surface area contributed by atoms with Crippen LogP contribution in [0.15, 0.2) is 0 Å². The van der Waals surface area contributed by atoms with E-state index in [1.54, 1.807) is 23.5 Å². The van der Waals surface area contributed by atoms with E-state index in [1.165, 1.54) is 4.38 Å². The molecule has 13 heavy (non-hydrogen) atoms. The van der Waals surface area contributed by atoms with Gasteiger partial charge in [-0.3, -0.25) is 0 Å². The van der Waals surface area contributed by atoms with Crippen molar-refractivity contribution >= 4 is 37.7 Å². The Hall–Kier alpha value is 0.320. The number of nitrogens with zero attached hydrogens (tertiary/aromatic N) is 1. The highest BCUT2D eigenvalue weighted by atomic mass is 32.2. The Morgan fingerprint density at radius 3 is 2.08 bits per heavy atom. The van der Waals surface area contributed by atoms with Gasteiger partial charge in [0.25, 0.3) is 4.38 Å². The van der Waals surface area contributed by atoms with Crippen molar-refractivity contribution in [3.8, 4) is 0 Å². The Morgan fingerprint density at radius 1 is 1.23 bits per heavy atom. The first-order chi connectivity index (χ1) is 5.98. The van der Waals surface area contributed by atoms with Gasteiger partial charge in [0.2, 0.25) is 0 Å². The third-order valence-electron chi connectivity index (χ3n) is 2.12. The zero-order valence-electron chi connectivity index (χ0n) is 7.56. The number of hydrogen-bond donors (Lipinski definition) is 0. The van der Waals surface area contributed by atoms with Crippen LogP contribution in [-0.4, -0.2) is 53.5 Å². The van der Waals surface area contributed by atoms with Gasteiger partial charge in [-0.25, -0.2) is 13.0 Å². The first-order valence-corrected chi connectivity index (χ1v) is 7.64. The fourth-order valence-corrected chi connectivity index (χ4v) is 7.87. The van der Waals surface area contributed by atoms with Gasteiger partial charge in [0, 0.05) is 10.5 Å². The predicted molar refractivity (Wildman–Crippen MR) is 58.5 cm³/mol. The molecule has 0 spiro atoms. The molecule has 2 aliphatic rings. The van der Waals surface area contributed by atoms with Gasteiger partial charge < -0.3 is 0 Å². The summed E-state index contributed by atoms with van der Waals surface area (Å²) >= 11 is 3.44. The van der Waals surface area contributed by atoms with Gasteiger partial charge in [0.15, 0.2) is 9.84 Å². The summed E-state index contributed by atoms with van der Waals surface area (Å²) in [4.78, 5) is 0. The second kappa shape index (κ2) is 3.17. The molecular formula is C7H12NO2S3+. The molecule has 2 atom stereocenters. The molecule has 3 nitrogen and oxygen atoms in total. The number of sulfone groups is 1. The van der Waals surface area contributed by atoms with Crippen LogP contribution in [0, 0.1) is 0 Å². The van der Waals surface area contributed by atoms with Gasteiger partial charge in [-0.2, -0.15) is 0 Å². The minimum absolute atomic E-state index is 0.299. The van der Waals surface area contributed by atoms with Crippen LogP contribution in [0.2, 0.25) is 0 Å². The maximum absolute atomic E-state index is 11.3. The minimum atomic E-state index is -2.73. The van der Waals surface area contributed by atoms with Gasteiger partial charge in [0.1, 0.15) is 14.1 Å². The third-order valence-corrected chi connectivity index (χ3v) is 7.76. The average Bonchev–Trinajstić information content (AvgIpc) is 2.39. The number of rotatable bonds is 0. The number of fused-ring (bicyclic) bond motifs is 1. The van der Waals surface area contributed by atoms with E-state index in [1.807, 2.05) is 14.1 Å². The fraction of sp³-hybridized carbons (Fsp3) is 0.857. The zero-order chi connectivity index (χ0) is 9.64. The maximum Gasteiger partial charge on any atom is 0.270 e. The summed E-state index contributed by atoms with van der Waals surface area (Å²) in [7, 11) is 1.28. The monoisotopic (exact) mass is 238 g/mol. The second-order valence-corrected chi connectivity index (χ2v) is 8.42. The summed E-state index contributed by atoms with van der Waals surface area (Å²) < 4.78 is 25.9. The highest BCUT2D eigenvalue weighted by molar-refractivity contribution is 8.42. The number of thioether (sulfide) groups is 2. The quantitative estimate of drug-likeness (QED) is 0.567. The minimum Gasteiger partial charge on any atom is -0.229 e. The molecule has 0 amide bonds. The predicted octanol–water partition coefficient (Wildman–Crippen LogP) is 0.260. The zero-order valence-corrected chi connectivity index (χ0v) is 10.0. The van der Waals surface area contributed by atoms with E-state index in [4.69, 9.17) is 0 Å². The Kier molecular flexibility index (Phi) is 2.40. The lowest BCUT2D eigenvalue weighted by molar-refractivity contribution is -0.458. The van der Waals surface area contributed by atoms with Crippen LogP contribution in [0.4, 0.5) is 0 Å². The lowest BCUT2D eigenvalue weighted by Gasteiger charge is -1.97. The molecule has 0 aromatic heterocycles. The topological polar surface area (TPSA) is 37.1 Å². The van der Waals surface area contributed by atoms with Gasteiger partial charge in [-0.1, -0.05) is 0 Å². The van der Waals surface area contributed by atoms with Crippen molar-refractivity contribution in [1.29, 1.82) is 0 Å².